The van der Waals surface area contributed by atoms with Gasteiger partial charge in [-0.2, -0.15) is 0 Å². The number of aromatic nitrogens is 3. The Bertz CT molecular complexity index is 3080. The summed E-state index contributed by atoms with van der Waals surface area (Å²) in [4.78, 5) is 13.4. The van der Waals surface area contributed by atoms with Crippen LogP contribution in [-0.4, -0.2) is 15.0 Å². The van der Waals surface area contributed by atoms with Crippen molar-refractivity contribution in [2.24, 2.45) is 0 Å². The van der Waals surface area contributed by atoms with Crippen LogP contribution in [0.2, 0.25) is 0 Å². The molecule has 5 heteroatoms. The molecule has 0 amide bonds. The van der Waals surface area contributed by atoms with Gasteiger partial charge in [0.15, 0.2) is 0 Å². The quantitative estimate of drug-likeness (QED) is 0.149. The van der Waals surface area contributed by atoms with Gasteiger partial charge in [-0.15, -0.1) is 47.5 Å². The number of aryl methyl sites for hydroxylation is 3. The Balaban J connectivity index is 0.000000249. The molecule has 4 aromatic heterocycles. The molecule has 0 aliphatic rings. The monoisotopic (exact) mass is 977 g/mol. The third kappa shape index (κ3) is 9.24. The van der Waals surface area contributed by atoms with Crippen LogP contribution in [0.1, 0.15) is 131 Å². The van der Waals surface area contributed by atoms with Gasteiger partial charge in [-0.3, -0.25) is 0 Å². The van der Waals surface area contributed by atoms with Gasteiger partial charge in [0.1, 0.15) is 0 Å². The van der Waals surface area contributed by atoms with Crippen LogP contribution in [0.3, 0.4) is 0 Å². The van der Waals surface area contributed by atoms with Crippen molar-refractivity contribution in [1.29, 1.82) is 0 Å². The fraction of sp³-hybridized carbons (Fsp3) is 0.291. The van der Waals surface area contributed by atoms with Gasteiger partial charge < -0.3 is 14.4 Å². The molecule has 1 radical (unpaired) electrons. The zero-order valence-electron chi connectivity index (χ0n) is 44.7. The van der Waals surface area contributed by atoms with Gasteiger partial charge in [0.25, 0.3) is 0 Å². The standard InChI is InChI=1S/C33H35N2O.C22H22N.Ir/c1-18(2)23-14-27(19(3)4)31(28(15-23)20(5)6)29-16-30(34-17-21(29)7)26-11-9-10-24-25-13-12-22(8)35-33(25)36-32(24)26;1-16-10-11-18(14-20(16)17-8-6-5-7-9-17)21-15-19(12-13-23-21)22(2,3)4;/h9-10,12-20H,1-8H3;5-10,12-15H,1-4H3;/q2*-1;/i7D3,8D3;1D3;. The van der Waals surface area contributed by atoms with E-state index < -0.39 is 20.6 Å². The van der Waals surface area contributed by atoms with Crippen molar-refractivity contribution in [1.82, 2.24) is 15.0 Å². The van der Waals surface area contributed by atoms with Gasteiger partial charge in [0, 0.05) is 55.9 Å². The molecule has 60 heavy (non-hydrogen) atoms. The van der Waals surface area contributed by atoms with E-state index in [0.717, 1.165) is 38.9 Å². The van der Waals surface area contributed by atoms with Gasteiger partial charge in [-0.25, -0.2) is 4.98 Å². The molecule has 0 saturated heterocycles. The van der Waals surface area contributed by atoms with Crippen molar-refractivity contribution in [3.8, 4) is 44.8 Å². The van der Waals surface area contributed by atoms with Crippen molar-refractivity contribution in [3.05, 3.63) is 161 Å². The predicted molar refractivity (Wildman–Crippen MR) is 248 cm³/mol. The summed E-state index contributed by atoms with van der Waals surface area (Å²) >= 11 is 0. The Morgan fingerprint density at radius 2 is 1.42 bits per heavy atom. The second-order valence-electron chi connectivity index (χ2n) is 17.1. The Kier molecular flexibility index (Phi) is 10.1. The fourth-order valence-corrected chi connectivity index (χ4v) is 7.42. The number of pyridine rings is 3. The Labute approximate surface area is 384 Å². The third-order valence-electron chi connectivity index (χ3n) is 10.8. The van der Waals surface area contributed by atoms with Gasteiger partial charge >= 0.3 is 0 Å². The summed E-state index contributed by atoms with van der Waals surface area (Å²) < 4.78 is 78.1. The van der Waals surface area contributed by atoms with Gasteiger partial charge in [0.2, 0.25) is 5.71 Å². The first-order chi connectivity index (χ1) is 31.7. The molecule has 0 bridgehead atoms. The molecule has 8 aromatic rings. The maximum absolute atomic E-state index is 8.39. The molecular formula is C55H57IrN3O-2. The van der Waals surface area contributed by atoms with Gasteiger partial charge in [0.05, 0.1) is 5.58 Å². The fourth-order valence-electron chi connectivity index (χ4n) is 7.42. The van der Waals surface area contributed by atoms with E-state index in [1.165, 1.54) is 23.4 Å². The Hall–Kier alpha value is -5.22. The Morgan fingerprint density at radius 1 is 0.683 bits per heavy atom. The maximum Gasteiger partial charge on any atom is 0.216 e. The molecule has 0 saturated carbocycles. The molecule has 0 atom stereocenters. The average molecular weight is 977 g/mol. The van der Waals surface area contributed by atoms with E-state index in [1.807, 2.05) is 54.6 Å². The number of hydrogen-bond donors (Lipinski definition) is 0. The number of hydrogen-bond acceptors (Lipinski definition) is 4. The summed E-state index contributed by atoms with van der Waals surface area (Å²) in [6.07, 6.45) is 3.24. The molecule has 4 nitrogen and oxygen atoms in total. The molecule has 0 fully saturated rings. The van der Waals surface area contributed by atoms with Crippen LogP contribution in [0.5, 0.6) is 0 Å². The van der Waals surface area contributed by atoms with Crippen molar-refractivity contribution in [2.75, 3.05) is 0 Å². The second-order valence-corrected chi connectivity index (χ2v) is 17.1. The van der Waals surface area contributed by atoms with Crippen molar-refractivity contribution >= 4 is 22.1 Å². The molecule has 0 spiro atoms. The first-order valence-electron chi connectivity index (χ1n) is 24.8. The van der Waals surface area contributed by atoms with E-state index in [1.54, 1.807) is 24.4 Å². The van der Waals surface area contributed by atoms with E-state index in [9.17, 15) is 0 Å². The van der Waals surface area contributed by atoms with E-state index in [4.69, 9.17) is 16.8 Å². The zero-order valence-corrected chi connectivity index (χ0v) is 38.1. The predicted octanol–water partition coefficient (Wildman–Crippen LogP) is 15.3. The molecule has 0 N–H and O–H groups in total. The SMILES string of the molecule is [2H]C([2H])([2H])c1c[c-]c(-c2cc(C(C)(C)C)ccn2)cc1-c1ccccc1.[2H]C([2H])([2H])c1ccc2c(n1)oc1c(-c3cc(-c4c(C(C)C)cc(C(C)C)cc4C(C)C)c(C([2H])([2H])[2H])cn3)[c-]ccc12.[Ir]. The molecule has 0 aliphatic carbocycles. The number of nitrogens with zero attached hydrogens (tertiary/aromatic N) is 3. The smallest absolute Gasteiger partial charge is 0.216 e. The van der Waals surface area contributed by atoms with Crippen LogP contribution >= 0.6 is 0 Å². The number of benzene rings is 4. The number of fused-ring (bicyclic) bond motifs is 3. The van der Waals surface area contributed by atoms with Crippen molar-refractivity contribution < 1.29 is 36.9 Å². The maximum atomic E-state index is 8.39. The van der Waals surface area contributed by atoms with Crippen molar-refractivity contribution in [2.45, 2.75) is 106 Å². The first kappa shape index (κ1) is 33.5. The molecule has 309 valence electrons. The van der Waals surface area contributed by atoms with Gasteiger partial charge in [-0.1, -0.05) is 140 Å². The normalized spacial score (nSPS) is 14.5. The minimum atomic E-state index is -2.38. The van der Waals surface area contributed by atoms with E-state index >= 15 is 0 Å². The van der Waals surface area contributed by atoms with Crippen LogP contribution in [0, 0.1) is 32.7 Å². The summed E-state index contributed by atoms with van der Waals surface area (Å²) in [5.74, 6) is 0.631. The largest absolute Gasteiger partial charge is 0.486 e. The van der Waals surface area contributed by atoms with Crippen LogP contribution in [0.15, 0.2) is 114 Å². The molecule has 4 aromatic carbocycles. The Morgan fingerprint density at radius 3 is 2.07 bits per heavy atom. The summed E-state index contributed by atoms with van der Waals surface area (Å²) in [5.41, 5.74) is 11.5. The summed E-state index contributed by atoms with van der Waals surface area (Å²) in [5, 5.41) is 1.43. The molecule has 4 heterocycles. The van der Waals surface area contributed by atoms with Crippen LogP contribution < -0.4 is 0 Å². The van der Waals surface area contributed by atoms with Crippen molar-refractivity contribution in [3.63, 3.8) is 0 Å². The molecular weight excluding hydrogens is 911 g/mol. The zero-order chi connectivity index (χ0) is 49.7. The second kappa shape index (κ2) is 18.2. The average Bonchev–Trinajstić information content (AvgIpc) is 3.66. The summed E-state index contributed by atoms with van der Waals surface area (Å²) in [6.45, 7) is 12.4. The van der Waals surface area contributed by atoms with Crippen LogP contribution in [-0.2, 0) is 25.5 Å². The summed E-state index contributed by atoms with van der Waals surface area (Å²) in [7, 11) is 0. The third-order valence-corrected chi connectivity index (χ3v) is 10.8. The molecule has 8 rings (SSSR count). The van der Waals surface area contributed by atoms with Gasteiger partial charge in [-0.05, 0) is 111 Å². The van der Waals surface area contributed by atoms with E-state index in [0.29, 0.717) is 44.8 Å². The summed E-state index contributed by atoms with van der Waals surface area (Å²) in [6, 6.07) is 36.5. The number of furan rings is 1. The van der Waals surface area contributed by atoms with E-state index in [-0.39, 0.29) is 54.3 Å². The van der Waals surface area contributed by atoms with Crippen LogP contribution in [0.4, 0.5) is 0 Å². The first-order valence-corrected chi connectivity index (χ1v) is 20.3. The minimum Gasteiger partial charge on any atom is -0.486 e. The van der Waals surface area contributed by atoms with Crippen LogP contribution in [0.25, 0.3) is 66.8 Å². The minimum absolute atomic E-state index is 0. The molecule has 0 unspecified atom stereocenters. The molecule has 0 aliphatic heterocycles. The number of rotatable bonds is 7. The van der Waals surface area contributed by atoms with E-state index in [2.05, 4.69) is 108 Å². The topological polar surface area (TPSA) is 51.8 Å².